The molecule has 3 unspecified atom stereocenters. The third-order valence-electron chi connectivity index (χ3n) is 6.58. The molecule has 0 bridgehead atoms. The van der Waals surface area contributed by atoms with Crippen LogP contribution in [0.2, 0.25) is 0 Å². The van der Waals surface area contributed by atoms with Crippen LogP contribution in [0.15, 0.2) is 54.6 Å². The number of nitrogens with zero attached hydrogens (tertiary/aromatic N) is 1. The number of likely N-dealkylation sites (tertiary alicyclic amines) is 1. The number of fused-ring (bicyclic) bond motifs is 1. The molecule has 1 saturated heterocycles. The van der Waals surface area contributed by atoms with E-state index >= 15 is 0 Å². The smallest absolute Gasteiger partial charge is 0.251 e. The summed E-state index contributed by atoms with van der Waals surface area (Å²) in [5.74, 6) is 0.665. The van der Waals surface area contributed by atoms with Gasteiger partial charge in [-0.15, -0.1) is 0 Å². The van der Waals surface area contributed by atoms with Crippen molar-refractivity contribution in [3.05, 3.63) is 71.3 Å². The van der Waals surface area contributed by atoms with E-state index in [0.717, 1.165) is 38.2 Å². The fourth-order valence-electron chi connectivity index (χ4n) is 5.02. The quantitative estimate of drug-likeness (QED) is 0.572. The van der Waals surface area contributed by atoms with E-state index in [0.29, 0.717) is 12.0 Å². The lowest BCUT2D eigenvalue weighted by molar-refractivity contribution is 0.0938. The molecule has 4 nitrogen and oxygen atoms in total. The first-order chi connectivity index (χ1) is 16.2. The number of hydrogen-bond acceptors (Lipinski definition) is 3. The van der Waals surface area contributed by atoms with Crippen molar-refractivity contribution in [1.29, 1.82) is 0 Å². The molecule has 1 heterocycles. The molecule has 1 amide bonds. The van der Waals surface area contributed by atoms with E-state index in [2.05, 4.69) is 46.7 Å². The first kappa shape index (κ1) is 27.1. The second kappa shape index (κ2) is 14.9. The largest absolute Gasteiger partial charge is 0.348 e. The van der Waals surface area contributed by atoms with Crippen molar-refractivity contribution in [1.82, 2.24) is 15.5 Å². The van der Waals surface area contributed by atoms with Gasteiger partial charge in [0.1, 0.15) is 0 Å². The molecule has 2 aliphatic rings. The van der Waals surface area contributed by atoms with Gasteiger partial charge in [0.15, 0.2) is 0 Å². The molecule has 33 heavy (non-hydrogen) atoms. The van der Waals surface area contributed by atoms with Gasteiger partial charge in [-0.2, -0.15) is 0 Å². The predicted octanol–water partition coefficient (Wildman–Crippen LogP) is 5.64. The summed E-state index contributed by atoms with van der Waals surface area (Å²) in [7, 11) is 0. The van der Waals surface area contributed by atoms with E-state index in [1.807, 2.05) is 58.0 Å². The van der Waals surface area contributed by atoms with Crippen molar-refractivity contribution in [3.8, 4) is 0 Å². The predicted molar refractivity (Wildman–Crippen MR) is 141 cm³/mol. The van der Waals surface area contributed by atoms with Gasteiger partial charge in [0.25, 0.3) is 5.91 Å². The Morgan fingerprint density at radius 2 is 1.67 bits per heavy atom. The number of carbonyl (C=O) groups excluding carboxylic acids is 1. The Kier molecular flexibility index (Phi) is 12.2. The van der Waals surface area contributed by atoms with Crippen molar-refractivity contribution in [3.63, 3.8) is 0 Å². The topological polar surface area (TPSA) is 44.4 Å². The Balaban J connectivity index is 0.000000914. The molecule has 2 N–H and O–H groups in total. The maximum Gasteiger partial charge on any atom is 0.251 e. The van der Waals surface area contributed by atoms with Gasteiger partial charge in [-0.05, 0) is 54.9 Å². The van der Waals surface area contributed by atoms with Gasteiger partial charge in [0.2, 0.25) is 0 Å². The molecule has 2 aromatic rings. The van der Waals surface area contributed by atoms with Gasteiger partial charge in [-0.25, -0.2) is 0 Å². The molecule has 4 rings (SSSR count). The Hall–Kier alpha value is -2.17. The summed E-state index contributed by atoms with van der Waals surface area (Å²) in [4.78, 5) is 14.8. The molecule has 0 aromatic heterocycles. The first-order valence-corrected chi connectivity index (χ1v) is 13.1. The third kappa shape index (κ3) is 7.68. The van der Waals surface area contributed by atoms with Gasteiger partial charge >= 0.3 is 0 Å². The Morgan fingerprint density at radius 1 is 0.970 bits per heavy atom. The number of benzene rings is 2. The van der Waals surface area contributed by atoms with E-state index < -0.39 is 0 Å². The molecule has 1 aliphatic heterocycles. The number of amides is 1. The Bertz CT molecular complexity index is 808. The molecule has 0 saturated carbocycles. The van der Waals surface area contributed by atoms with Crippen molar-refractivity contribution in [2.24, 2.45) is 0 Å². The second-order valence-corrected chi connectivity index (χ2v) is 8.44. The summed E-state index contributed by atoms with van der Waals surface area (Å²) in [6, 6.07) is 19.3. The third-order valence-corrected chi connectivity index (χ3v) is 6.58. The van der Waals surface area contributed by atoms with Crippen molar-refractivity contribution >= 4 is 5.91 Å². The van der Waals surface area contributed by atoms with E-state index in [4.69, 9.17) is 0 Å². The van der Waals surface area contributed by atoms with Crippen LogP contribution in [0.1, 0.15) is 81.3 Å². The molecule has 0 radical (unpaired) electrons. The molecule has 0 spiro atoms. The molecule has 4 heteroatoms. The maximum absolute atomic E-state index is 12.4. The number of nitrogens with one attached hydrogen (secondary N) is 2. The van der Waals surface area contributed by atoms with Crippen molar-refractivity contribution < 1.29 is 4.79 Å². The molecule has 2 aromatic carbocycles. The van der Waals surface area contributed by atoms with E-state index in [1.165, 1.54) is 24.8 Å². The Labute approximate surface area is 202 Å². The number of aryl methyl sites for hydroxylation is 1. The van der Waals surface area contributed by atoms with Gasteiger partial charge in [0, 0.05) is 43.8 Å². The normalized spacial score (nSPS) is 21.7. The lowest BCUT2D eigenvalue weighted by Gasteiger charge is -2.34. The highest BCUT2D eigenvalue weighted by Gasteiger charge is 2.28. The summed E-state index contributed by atoms with van der Waals surface area (Å²) < 4.78 is 0. The van der Waals surface area contributed by atoms with Gasteiger partial charge < -0.3 is 10.6 Å². The van der Waals surface area contributed by atoms with Crippen LogP contribution in [0.5, 0.6) is 0 Å². The zero-order valence-corrected chi connectivity index (χ0v) is 21.4. The SMILES string of the molecule is CC.CC.CCC1c2ccccc2CCC1NCCN1CCC(NC(=O)c2ccccc2)C1. The maximum atomic E-state index is 12.4. The van der Waals surface area contributed by atoms with E-state index in [9.17, 15) is 4.79 Å². The number of rotatable bonds is 7. The minimum Gasteiger partial charge on any atom is -0.348 e. The highest BCUT2D eigenvalue weighted by molar-refractivity contribution is 5.94. The zero-order chi connectivity index (χ0) is 24.1. The monoisotopic (exact) mass is 451 g/mol. The summed E-state index contributed by atoms with van der Waals surface area (Å²) in [6.45, 7) is 14.4. The lowest BCUT2D eigenvalue weighted by Crippen LogP contribution is -2.42. The average molecular weight is 452 g/mol. The number of hydrogen-bond donors (Lipinski definition) is 2. The van der Waals surface area contributed by atoms with Crippen LogP contribution in [0.4, 0.5) is 0 Å². The fraction of sp³-hybridized carbons (Fsp3) is 0.552. The lowest BCUT2D eigenvalue weighted by atomic mass is 9.78. The average Bonchev–Trinajstić information content (AvgIpc) is 3.33. The molecule has 1 fully saturated rings. The highest BCUT2D eigenvalue weighted by atomic mass is 16.1. The van der Waals surface area contributed by atoms with Crippen LogP contribution in [0, 0.1) is 0 Å². The second-order valence-electron chi connectivity index (χ2n) is 8.44. The van der Waals surface area contributed by atoms with E-state index in [-0.39, 0.29) is 11.9 Å². The summed E-state index contributed by atoms with van der Waals surface area (Å²) in [5.41, 5.74) is 3.83. The summed E-state index contributed by atoms with van der Waals surface area (Å²) in [6.07, 6.45) is 4.63. The van der Waals surface area contributed by atoms with Crippen molar-refractivity contribution in [2.75, 3.05) is 26.2 Å². The fourth-order valence-corrected chi connectivity index (χ4v) is 5.02. The highest BCUT2D eigenvalue weighted by Crippen LogP contribution is 2.33. The molecular weight excluding hydrogens is 406 g/mol. The summed E-state index contributed by atoms with van der Waals surface area (Å²) in [5, 5.41) is 7.03. The standard InChI is InChI=1S/C25H33N3O.2C2H6/c1-2-22-23-11-7-6-8-19(23)12-13-24(22)26-15-17-28-16-14-21(18-28)27-25(29)20-9-4-3-5-10-20;2*1-2/h3-11,21-22,24,26H,2,12-18H2,1H3,(H,27,29);2*1-2H3. The minimum absolute atomic E-state index is 0.0437. The molecular formula is C29H45N3O. The van der Waals surface area contributed by atoms with Gasteiger partial charge in [-0.1, -0.05) is 77.1 Å². The van der Waals surface area contributed by atoms with Gasteiger partial charge in [0.05, 0.1) is 0 Å². The number of carbonyl (C=O) groups is 1. The van der Waals surface area contributed by atoms with Crippen LogP contribution in [0.3, 0.4) is 0 Å². The van der Waals surface area contributed by atoms with Crippen LogP contribution < -0.4 is 10.6 Å². The summed E-state index contributed by atoms with van der Waals surface area (Å²) >= 11 is 0. The molecule has 1 aliphatic carbocycles. The zero-order valence-electron chi connectivity index (χ0n) is 21.4. The van der Waals surface area contributed by atoms with E-state index in [1.54, 1.807) is 5.56 Å². The van der Waals surface area contributed by atoms with Gasteiger partial charge in [-0.3, -0.25) is 9.69 Å². The molecule has 3 atom stereocenters. The van der Waals surface area contributed by atoms with Crippen molar-refractivity contribution in [2.45, 2.75) is 78.3 Å². The van der Waals surface area contributed by atoms with Crippen LogP contribution in [-0.4, -0.2) is 49.1 Å². The van der Waals surface area contributed by atoms with Crippen LogP contribution in [0.25, 0.3) is 0 Å². The Morgan fingerprint density at radius 3 is 2.39 bits per heavy atom. The van der Waals surface area contributed by atoms with Crippen LogP contribution in [-0.2, 0) is 6.42 Å². The molecule has 182 valence electrons. The first-order valence-electron chi connectivity index (χ1n) is 13.1. The minimum atomic E-state index is 0.0437. The van der Waals surface area contributed by atoms with Crippen LogP contribution >= 0.6 is 0 Å².